The van der Waals surface area contributed by atoms with Crippen LogP contribution in [0, 0.1) is 13.8 Å². The molecule has 0 spiro atoms. The summed E-state index contributed by atoms with van der Waals surface area (Å²) in [5.41, 5.74) is 2.23. The van der Waals surface area contributed by atoms with E-state index in [4.69, 9.17) is 35.4 Å². The van der Waals surface area contributed by atoms with Gasteiger partial charge in [0.25, 0.3) is 5.56 Å². The molecule has 0 fully saturated rings. The van der Waals surface area contributed by atoms with Crippen LogP contribution in [0.15, 0.2) is 41.2 Å². The first-order valence-corrected chi connectivity index (χ1v) is 15.1. The second-order valence-electron chi connectivity index (χ2n) is 9.16. The summed E-state index contributed by atoms with van der Waals surface area (Å²) in [6, 6.07) is 9.71. The molecular formula is C28H27ClN3O10S2-. The summed E-state index contributed by atoms with van der Waals surface area (Å²) in [5.74, 6) is 0.131. The Balaban J connectivity index is 1.32. The molecule has 2 heterocycles. The highest BCUT2D eigenvalue weighted by atomic mass is 35.5. The number of hydrogen-bond donors (Lipinski definition) is 1. The number of aromatic amines is 1. The van der Waals surface area contributed by atoms with Crippen LogP contribution in [0.5, 0.6) is 17.2 Å². The smallest absolute Gasteiger partial charge is 0.334 e. The fourth-order valence-electron chi connectivity index (χ4n) is 4.21. The molecule has 0 amide bonds. The molecule has 44 heavy (non-hydrogen) atoms. The maximum absolute atomic E-state index is 12.9. The van der Waals surface area contributed by atoms with Crippen LogP contribution in [0.1, 0.15) is 24.0 Å². The molecule has 4 aromatic rings. The normalized spacial score (nSPS) is 11.6. The highest BCUT2D eigenvalue weighted by Gasteiger charge is 2.18. The lowest BCUT2D eigenvalue weighted by atomic mass is 10.0. The lowest BCUT2D eigenvalue weighted by molar-refractivity contribution is -0.150. The van der Waals surface area contributed by atoms with E-state index in [1.54, 1.807) is 12.1 Å². The van der Waals surface area contributed by atoms with Crippen molar-refractivity contribution >= 4 is 62.0 Å². The molecule has 234 valence electrons. The van der Waals surface area contributed by atoms with Gasteiger partial charge in [-0.1, -0.05) is 11.6 Å². The van der Waals surface area contributed by atoms with Crippen molar-refractivity contribution in [1.82, 2.24) is 9.97 Å². The number of thiophene rings is 1. The molecule has 1 atom stereocenters. The van der Waals surface area contributed by atoms with E-state index in [0.29, 0.717) is 48.3 Å². The van der Waals surface area contributed by atoms with Crippen molar-refractivity contribution in [3.63, 3.8) is 0 Å². The van der Waals surface area contributed by atoms with E-state index in [1.807, 2.05) is 26.0 Å². The molecule has 0 saturated heterocycles. The van der Waals surface area contributed by atoms with E-state index >= 15 is 0 Å². The van der Waals surface area contributed by atoms with Crippen molar-refractivity contribution in [2.45, 2.75) is 26.7 Å². The lowest BCUT2D eigenvalue weighted by Crippen LogP contribution is -2.28. The predicted molar refractivity (Wildman–Crippen MR) is 163 cm³/mol. The molecule has 1 unspecified atom stereocenters. The van der Waals surface area contributed by atoms with Gasteiger partial charge in [0.2, 0.25) is 0 Å². The highest BCUT2D eigenvalue weighted by Crippen LogP contribution is 2.32. The minimum Gasteiger partial charge on any atom is -0.753 e. The number of esters is 1. The summed E-state index contributed by atoms with van der Waals surface area (Å²) in [7, 11) is 2.98. The third-order valence-corrected chi connectivity index (χ3v) is 7.98. The first kappa shape index (κ1) is 32.7. The fourth-order valence-corrected chi connectivity index (χ4v) is 5.74. The standard InChI is InChI=1S/C28H28ClN3O10S2/c1-15-11-17(27-30-19-13-18(38-3)14-20(39-4)25(19)28(35)31-27)12-16(2)26(15)41-10-9-40-23(33)7-8-24(34)42-32(44(36)37)22-6-5-21(29)43-22/h5-6,11-14H,7-10H2,1-4H3,(H,36,37)(H,30,31,35)/p-1. The Bertz CT molecular complexity index is 1750. The number of rotatable bonds is 13. The van der Waals surface area contributed by atoms with Crippen LogP contribution < -0.4 is 24.2 Å². The van der Waals surface area contributed by atoms with Crippen LogP contribution in [-0.2, 0) is 30.4 Å². The van der Waals surface area contributed by atoms with Crippen molar-refractivity contribution in [2.24, 2.45) is 0 Å². The zero-order chi connectivity index (χ0) is 32.0. The van der Waals surface area contributed by atoms with E-state index in [0.717, 1.165) is 22.5 Å². The van der Waals surface area contributed by atoms with Crippen molar-refractivity contribution in [3.05, 3.63) is 62.2 Å². The average molecular weight is 665 g/mol. The highest BCUT2D eigenvalue weighted by molar-refractivity contribution is 7.80. The SMILES string of the molecule is COc1cc(OC)c2c(=O)[nH]c(-c3cc(C)c(OCCOC(=O)CCC(=O)ON(c4ccc(Cl)s4)S(=O)[O-])c(C)c3)nc2c1. The topological polar surface area (TPSA) is 169 Å². The average Bonchev–Trinajstić information content (AvgIpc) is 3.42. The summed E-state index contributed by atoms with van der Waals surface area (Å²) >= 11 is 3.80. The molecule has 0 saturated carbocycles. The summed E-state index contributed by atoms with van der Waals surface area (Å²) < 4.78 is 45.1. The van der Waals surface area contributed by atoms with Gasteiger partial charge in [0.05, 0.1) is 48.2 Å². The Morgan fingerprint density at radius 1 is 1.05 bits per heavy atom. The van der Waals surface area contributed by atoms with Gasteiger partial charge in [0, 0.05) is 17.7 Å². The van der Waals surface area contributed by atoms with Crippen LogP contribution >= 0.6 is 22.9 Å². The van der Waals surface area contributed by atoms with Crippen molar-refractivity contribution in [3.8, 4) is 28.6 Å². The van der Waals surface area contributed by atoms with E-state index in [1.165, 1.54) is 26.4 Å². The van der Waals surface area contributed by atoms with Crippen LogP contribution in [0.3, 0.4) is 0 Å². The van der Waals surface area contributed by atoms with Crippen LogP contribution in [0.25, 0.3) is 22.3 Å². The molecule has 1 N–H and O–H groups in total. The number of benzene rings is 2. The number of carbonyl (C=O) groups excluding carboxylic acids is 2. The number of ether oxygens (including phenoxy) is 4. The number of nitrogens with zero attached hydrogens (tertiary/aromatic N) is 2. The Labute approximate surface area is 263 Å². The molecule has 2 aromatic heterocycles. The third-order valence-electron chi connectivity index (χ3n) is 6.12. The summed E-state index contributed by atoms with van der Waals surface area (Å²) in [4.78, 5) is 49.3. The molecule has 0 radical (unpaired) electrons. The van der Waals surface area contributed by atoms with Gasteiger partial charge in [-0.15, -0.1) is 15.8 Å². The van der Waals surface area contributed by atoms with Gasteiger partial charge in [-0.05, 0) is 49.2 Å². The number of H-pyrrole nitrogens is 1. The van der Waals surface area contributed by atoms with E-state index < -0.39 is 29.6 Å². The Hall–Kier alpha value is -4.18. The molecule has 13 nitrogen and oxygen atoms in total. The number of halogens is 1. The quantitative estimate of drug-likeness (QED) is 0.0930. The lowest BCUT2D eigenvalue weighted by Gasteiger charge is -2.22. The van der Waals surface area contributed by atoms with Crippen LogP contribution in [0.2, 0.25) is 4.34 Å². The summed E-state index contributed by atoms with van der Waals surface area (Å²) in [5, 5.41) is 0.389. The van der Waals surface area contributed by atoms with Gasteiger partial charge in [0.1, 0.15) is 46.7 Å². The molecular weight excluding hydrogens is 638 g/mol. The molecule has 4 rings (SSSR count). The van der Waals surface area contributed by atoms with E-state index in [9.17, 15) is 23.1 Å². The van der Waals surface area contributed by atoms with Gasteiger partial charge in [0.15, 0.2) is 0 Å². The second-order valence-corrected chi connectivity index (χ2v) is 11.6. The van der Waals surface area contributed by atoms with Gasteiger partial charge in [-0.25, -0.2) is 14.0 Å². The zero-order valence-electron chi connectivity index (χ0n) is 24.0. The molecule has 16 heteroatoms. The monoisotopic (exact) mass is 664 g/mol. The van der Waals surface area contributed by atoms with Crippen LogP contribution in [0.4, 0.5) is 5.00 Å². The molecule has 0 aliphatic carbocycles. The van der Waals surface area contributed by atoms with Gasteiger partial charge < -0.3 is 33.3 Å². The Kier molecular flexibility index (Phi) is 10.8. The Morgan fingerprint density at radius 2 is 1.75 bits per heavy atom. The number of fused-ring (bicyclic) bond motifs is 1. The number of carbonyl (C=O) groups is 2. The number of aromatic nitrogens is 2. The van der Waals surface area contributed by atoms with Crippen molar-refractivity contribution in [1.29, 1.82) is 0 Å². The van der Waals surface area contributed by atoms with Gasteiger partial charge in [-0.2, -0.15) is 0 Å². The van der Waals surface area contributed by atoms with E-state index in [2.05, 4.69) is 9.97 Å². The molecule has 0 bridgehead atoms. The third kappa shape index (κ3) is 7.85. The number of aryl methyl sites for hydroxylation is 2. The van der Waals surface area contributed by atoms with Crippen molar-refractivity contribution in [2.75, 3.05) is 31.9 Å². The number of nitrogens with one attached hydrogen (secondary N) is 1. The van der Waals surface area contributed by atoms with Crippen LogP contribution in [-0.4, -0.2) is 58.1 Å². The summed E-state index contributed by atoms with van der Waals surface area (Å²) in [6.07, 6.45) is -0.735. The second kappa shape index (κ2) is 14.5. The zero-order valence-corrected chi connectivity index (χ0v) is 26.4. The van der Waals surface area contributed by atoms with Gasteiger partial charge in [-0.3, -0.25) is 9.59 Å². The maximum Gasteiger partial charge on any atom is 0.334 e. The minimum atomic E-state index is -2.90. The number of anilines is 1. The van der Waals surface area contributed by atoms with E-state index in [-0.39, 0.29) is 30.2 Å². The molecule has 0 aliphatic heterocycles. The Morgan fingerprint density at radius 3 is 2.36 bits per heavy atom. The number of methoxy groups -OCH3 is 2. The molecule has 0 aliphatic rings. The van der Waals surface area contributed by atoms with Crippen molar-refractivity contribution < 1.29 is 42.1 Å². The number of hydrogen-bond acceptors (Lipinski definition) is 12. The molecule has 2 aromatic carbocycles. The fraction of sp³-hybridized carbons (Fsp3) is 0.286. The first-order valence-electron chi connectivity index (χ1n) is 12.9. The summed E-state index contributed by atoms with van der Waals surface area (Å²) in [6.45, 7) is 3.60. The predicted octanol–water partition coefficient (Wildman–Crippen LogP) is 4.40. The largest absolute Gasteiger partial charge is 0.753 e. The minimum absolute atomic E-state index is 0.0317. The maximum atomic E-state index is 12.9. The first-order chi connectivity index (χ1) is 21.0. The van der Waals surface area contributed by atoms with Gasteiger partial charge >= 0.3 is 11.9 Å².